The Balaban J connectivity index is 1.79. The third-order valence-electron chi connectivity index (χ3n) is 2.57. The number of hydrogen-bond acceptors (Lipinski definition) is 3. The molecule has 1 aliphatic heterocycles. The highest BCUT2D eigenvalue weighted by molar-refractivity contribution is 5.47. The fourth-order valence-electron chi connectivity index (χ4n) is 1.71. The van der Waals surface area contributed by atoms with E-state index in [0.717, 1.165) is 32.7 Å². The molecular formula is C12H17N3. The van der Waals surface area contributed by atoms with Crippen LogP contribution in [0.25, 0.3) is 6.08 Å². The number of nitrogens with one attached hydrogen (secondary N) is 1. The summed E-state index contributed by atoms with van der Waals surface area (Å²) in [4.78, 5) is 6.52. The average molecular weight is 203 g/mol. The number of piperazine rings is 1. The Bertz CT molecular complexity index is 302. The van der Waals surface area contributed by atoms with Gasteiger partial charge >= 0.3 is 0 Å². The van der Waals surface area contributed by atoms with Gasteiger partial charge in [0.15, 0.2) is 0 Å². The molecule has 1 aromatic rings. The normalized spacial score (nSPS) is 18.4. The fraction of sp³-hybridized carbons (Fsp3) is 0.417. The van der Waals surface area contributed by atoms with E-state index in [9.17, 15) is 0 Å². The van der Waals surface area contributed by atoms with Crippen LogP contribution in [0.4, 0.5) is 0 Å². The lowest BCUT2D eigenvalue weighted by Crippen LogP contribution is -2.43. The van der Waals surface area contributed by atoms with Crippen molar-refractivity contribution in [3.05, 3.63) is 36.2 Å². The standard InChI is InChI=1S/C12H17N3/c1-3-12(11-14-5-1)4-2-8-15-9-6-13-7-10-15/h1-5,11,13H,6-10H2/b4-2-. The second-order valence-corrected chi connectivity index (χ2v) is 3.74. The molecule has 0 unspecified atom stereocenters. The van der Waals surface area contributed by atoms with Crippen LogP contribution in [0.1, 0.15) is 5.56 Å². The van der Waals surface area contributed by atoms with Gasteiger partial charge in [0, 0.05) is 45.1 Å². The van der Waals surface area contributed by atoms with Crippen LogP contribution in [0, 0.1) is 0 Å². The molecule has 1 N–H and O–H groups in total. The van der Waals surface area contributed by atoms with E-state index in [1.54, 1.807) is 6.20 Å². The first kappa shape index (κ1) is 10.3. The lowest BCUT2D eigenvalue weighted by molar-refractivity contribution is 0.265. The van der Waals surface area contributed by atoms with Crippen LogP contribution in [0.5, 0.6) is 0 Å². The van der Waals surface area contributed by atoms with Crippen molar-refractivity contribution in [1.29, 1.82) is 0 Å². The minimum atomic E-state index is 1.04. The molecule has 1 aromatic heterocycles. The van der Waals surface area contributed by atoms with E-state index < -0.39 is 0 Å². The summed E-state index contributed by atoms with van der Waals surface area (Å²) in [5.41, 5.74) is 1.17. The molecule has 0 bridgehead atoms. The van der Waals surface area contributed by atoms with Gasteiger partial charge in [0.1, 0.15) is 0 Å². The number of nitrogens with zero attached hydrogens (tertiary/aromatic N) is 2. The zero-order valence-electron chi connectivity index (χ0n) is 8.89. The zero-order chi connectivity index (χ0) is 10.3. The zero-order valence-corrected chi connectivity index (χ0v) is 8.89. The minimum absolute atomic E-state index is 1.04. The summed E-state index contributed by atoms with van der Waals surface area (Å²) in [5.74, 6) is 0. The molecule has 80 valence electrons. The Morgan fingerprint density at radius 2 is 2.27 bits per heavy atom. The summed E-state index contributed by atoms with van der Waals surface area (Å²) in [6.07, 6.45) is 8.03. The highest BCUT2D eigenvalue weighted by Gasteiger charge is 2.06. The lowest BCUT2D eigenvalue weighted by atomic mass is 10.2. The van der Waals surface area contributed by atoms with E-state index in [0.29, 0.717) is 0 Å². The first-order chi connectivity index (χ1) is 7.45. The lowest BCUT2D eigenvalue weighted by Gasteiger charge is -2.25. The predicted octanol–water partition coefficient (Wildman–Crippen LogP) is 1.00. The maximum Gasteiger partial charge on any atom is 0.0340 e. The number of pyridine rings is 1. The van der Waals surface area contributed by atoms with Crippen molar-refractivity contribution >= 4 is 6.08 Å². The molecule has 1 aliphatic rings. The van der Waals surface area contributed by atoms with Crippen molar-refractivity contribution in [2.75, 3.05) is 32.7 Å². The molecule has 0 aliphatic carbocycles. The summed E-state index contributed by atoms with van der Waals surface area (Å²) < 4.78 is 0. The van der Waals surface area contributed by atoms with Gasteiger partial charge < -0.3 is 5.32 Å². The van der Waals surface area contributed by atoms with Crippen molar-refractivity contribution in [2.45, 2.75) is 0 Å². The van der Waals surface area contributed by atoms with E-state index >= 15 is 0 Å². The quantitative estimate of drug-likeness (QED) is 0.794. The molecule has 3 nitrogen and oxygen atoms in total. The first-order valence-electron chi connectivity index (χ1n) is 5.45. The van der Waals surface area contributed by atoms with Gasteiger partial charge in [-0.1, -0.05) is 18.2 Å². The summed E-state index contributed by atoms with van der Waals surface area (Å²) in [6, 6.07) is 4.03. The fourth-order valence-corrected chi connectivity index (χ4v) is 1.71. The van der Waals surface area contributed by atoms with Crippen molar-refractivity contribution in [3.8, 4) is 0 Å². The predicted molar refractivity (Wildman–Crippen MR) is 62.6 cm³/mol. The van der Waals surface area contributed by atoms with Crippen LogP contribution in [0.2, 0.25) is 0 Å². The molecule has 1 saturated heterocycles. The maximum absolute atomic E-state index is 4.08. The van der Waals surface area contributed by atoms with Crippen LogP contribution < -0.4 is 5.32 Å². The third kappa shape index (κ3) is 3.46. The van der Waals surface area contributed by atoms with Gasteiger partial charge in [0.05, 0.1) is 0 Å². The molecule has 15 heavy (non-hydrogen) atoms. The monoisotopic (exact) mass is 203 g/mol. The maximum atomic E-state index is 4.08. The molecule has 0 radical (unpaired) electrons. The Labute approximate surface area is 90.8 Å². The molecule has 3 heteroatoms. The highest BCUT2D eigenvalue weighted by Crippen LogP contribution is 1.99. The van der Waals surface area contributed by atoms with E-state index in [1.165, 1.54) is 5.56 Å². The Morgan fingerprint density at radius 1 is 1.40 bits per heavy atom. The molecular weight excluding hydrogens is 186 g/mol. The Morgan fingerprint density at radius 3 is 3.00 bits per heavy atom. The SMILES string of the molecule is C(=C/c1cccnc1)/CN1CCNCC1. The Kier molecular flexibility index (Phi) is 3.88. The van der Waals surface area contributed by atoms with Crippen LogP contribution in [0.3, 0.4) is 0 Å². The second-order valence-electron chi connectivity index (χ2n) is 3.74. The van der Waals surface area contributed by atoms with Gasteiger partial charge in [-0.3, -0.25) is 9.88 Å². The third-order valence-corrected chi connectivity index (χ3v) is 2.57. The molecule has 0 saturated carbocycles. The van der Waals surface area contributed by atoms with Crippen molar-refractivity contribution < 1.29 is 0 Å². The number of hydrogen-bond donors (Lipinski definition) is 1. The van der Waals surface area contributed by atoms with E-state index in [1.807, 2.05) is 12.3 Å². The minimum Gasteiger partial charge on any atom is -0.314 e. The molecule has 0 amide bonds. The van der Waals surface area contributed by atoms with Gasteiger partial charge in [-0.2, -0.15) is 0 Å². The van der Waals surface area contributed by atoms with Gasteiger partial charge in [0.2, 0.25) is 0 Å². The summed E-state index contributed by atoms with van der Waals surface area (Å²) in [5, 5.41) is 3.35. The molecule has 0 atom stereocenters. The van der Waals surface area contributed by atoms with E-state index in [-0.39, 0.29) is 0 Å². The van der Waals surface area contributed by atoms with Gasteiger partial charge in [0.25, 0.3) is 0 Å². The number of rotatable bonds is 3. The Hall–Kier alpha value is -1.19. The molecule has 2 heterocycles. The van der Waals surface area contributed by atoms with Gasteiger partial charge in [-0.15, -0.1) is 0 Å². The van der Waals surface area contributed by atoms with Crippen molar-refractivity contribution in [2.24, 2.45) is 0 Å². The number of aromatic nitrogens is 1. The molecule has 2 rings (SSSR count). The topological polar surface area (TPSA) is 28.2 Å². The average Bonchev–Trinajstić information content (AvgIpc) is 2.32. The van der Waals surface area contributed by atoms with Crippen molar-refractivity contribution in [1.82, 2.24) is 15.2 Å². The van der Waals surface area contributed by atoms with Crippen LogP contribution >= 0.6 is 0 Å². The second kappa shape index (κ2) is 5.63. The highest BCUT2D eigenvalue weighted by atomic mass is 15.2. The molecule has 0 spiro atoms. The summed E-state index contributed by atoms with van der Waals surface area (Å²) in [6.45, 7) is 5.56. The first-order valence-corrected chi connectivity index (χ1v) is 5.45. The van der Waals surface area contributed by atoms with Crippen LogP contribution in [-0.4, -0.2) is 42.6 Å². The van der Waals surface area contributed by atoms with E-state index in [2.05, 4.69) is 33.4 Å². The largest absolute Gasteiger partial charge is 0.314 e. The summed E-state index contributed by atoms with van der Waals surface area (Å²) >= 11 is 0. The molecule has 0 aromatic carbocycles. The van der Waals surface area contributed by atoms with Gasteiger partial charge in [-0.05, 0) is 11.6 Å². The van der Waals surface area contributed by atoms with Crippen LogP contribution in [-0.2, 0) is 0 Å². The smallest absolute Gasteiger partial charge is 0.0340 e. The van der Waals surface area contributed by atoms with Gasteiger partial charge in [-0.25, -0.2) is 0 Å². The van der Waals surface area contributed by atoms with Crippen molar-refractivity contribution in [3.63, 3.8) is 0 Å². The molecule has 1 fully saturated rings. The van der Waals surface area contributed by atoms with E-state index in [4.69, 9.17) is 0 Å². The van der Waals surface area contributed by atoms with Crippen LogP contribution in [0.15, 0.2) is 30.6 Å². The summed E-state index contributed by atoms with van der Waals surface area (Å²) in [7, 11) is 0.